The van der Waals surface area contributed by atoms with Crippen molar-refractivity contribution in [1.29, 1.82) is 0 Å². The lowest BCUT2D eigenvalue weighted by Crippen LogP contribution is -2.36. The van der Waals surface area contributed by atoms with Crippen LogP contribution in [0.2, 0.25) is 0 Å². The van der Waals surface area contributed by atoms with Gasteiger partial charge in [-0.1, -0.05) is 6.92 Å². The van der Waals surface area contributed by atoms with E-state index < -0.39 is 0 Å². The van der Waals surface area contributed by atoms with Gasteiger partial charge < -0.3 is 10.2 Å². The second-order valence-corrected chi connectivity index (χ2v) is 4.01. The summed E-state index contributed by atoms with van der Waals surface area (Å²) in [7, 11) is 2.15. The molecule has 3 nitrogen and oxygen atoms in total. The van der Waals surface area contributed by atoms with E-state index in [9.17, 15) is 0 Å². The molecule has 1 unspecified atom stereocenters. The van der Waals surface area contributed by atoms with E-state index in [0.717, 1.165) is 19.6 Å². The second kappa shape index (κ2) is 6.53. The molecule has 15 heavy (non-hydrogen) atoms. The predicted octanol–water partition coefficient (Wildman–Crippen LogP) is 1.51. The maximum Gasteiger partial charge on any atom is 0.0271 e. The van der Waals surface area contributed by atoms with E-state index in [0.29, 0.717) is 6.04 Å². The maximum absolute atomic E-state index is 4.01. The number of rotatable bonds is 6. The first-order valence-corrected chi connectivity index (χ1v) is 5.53. The third-order valence-corrected chi connectivity index (χ3v) is 2.34. The van der Waals surface area contributed by atoms with Gasteiger partial charge in [-0.15, -0.1) is 0 Å². The molecule has 0 aromatic carbocycles. The number of likely N-dealkylation sites (N-methyl/N-ethyl adjacent to an activating group) is 2. The van der Waals surface area contributed by atoms with E-state index >= 15 is 0 Å². The van der Waals surface area contributed by atoms with Crippen LogP contribution in [-0.4, -0.2) is 36.1 Å². The van der Waals surface area contributed by atoms with Gasteiger partial charge in [-0.05, 0) is 38.2 Å². The van der Waals surface area contributed by atoms with Crippen LogP contribution in [-0.2, 0) is 6.54 Å². The Morgan fingerprint density at radius 1 is 1.40 bits per heavy atom. The van der Waals surface area contributed by atoms with E-state index in [-0.39, 0.29) is 0 Å². The molecule has 0 fully saturated rings. The average Bonchev–Trinajstić information content (AvgIpc) is 2.19. The van der Waals surface area contributed by atoms with Crippen molar-refractivity contribution in [3.8, 4) is 0 Å². The Hall–Kier alpha value is -0.930. The molecule has 0 aliphatic carbocycles. The molecular weight excluding hydrogens is 186 g/mol. The summed E-state index contributed by atoms with van der Waals surface area (Å²) >= 11 is 0. The fourth-order valence-electron chi connectivity index (χ4n) is 1.74. The van der Waals surface area contributed by atoms with Crippen molar-refractivity contribution in [3.05, 3.63) is 30.1 Å². The summed E-state index contributed by atoms with van der Waals surface area (Å²) in [5, 5.41) is 3.41. The van der Waals surface area contributed by atoms with Crippen LogP contribution in [0, 0.1) is 0 Å². The van der Waals surface area contributed by atoms with Crippen molar-refractivity contribution in [2.24, 2.45) is 0 Å². The molecule has 84 valence electrons. The van der Waals surface area contributed by atoms with Crippen molar-refractivity contribution in [2.75, 3.05) is 20.1 Å². The topological polar surface area (TPSA) is 28.2 Å². The third-order valence-electron chi connectivity index (χ3n) is 2.34. The van der Waals surface area contributed by atoms with Crippen LogP contribution in [0.1, 0.15) is 19.4 Å². The molecule has 1 heterocycles. The predicted molar refractivity (Wildman–Crippen MR) is 63.7 cm³/mol. The van der Waals surface area contributed by atoms with Crippen molar-refractivity contribution < 1.29 is 0 Å². The molecule has 1 rings (SSSR count). The number of hydrogen-bond acceptors (Lipinski definition) is 3. The Kier molecular flexibility index (Phi) is 5.29. The van der Waals surface area contributed by atoms with Gasteiger partial charge in [-0.3, -0.25) is 4.98 Å². The molecule has 1 aromatic heterocycles. The Morgan fingerprint density at radius 3 is 2.67 bits per heavy atom. The van der Waals surface area contributed by atoms with Crippen LogP contribution >= 0.6 is 0 Å². The van der Waals surface area contributed by atoms with Gasteiger partial charge >= 0.3 is 0 Å². The van der Waals surface area contributed by atoms with E-state index in [1.807, 2.05) is 12.4 Å². The summed E-state index contributed by atoms with van der Waals surface area (Å²) in [4.78, 5) is 6.33. The summed E-state index contributed by atoms with van der Waals surface area (Å²) in [6, 6.07) is 4.67. The molecule has 0 spiro atoms. The third kappa shape index (κ3) is 4.91. The first kappa shape index (κ1) is 12.1. The van der Waals surface area contributed by atoms with Crippen LogP contribution in [0.5, 0.6) is 0 Å². The highest BCUT2D eigenvalue weighted by molar-refractivity contribution is 5.09. The van der Waals surface area contributed by atoms with E-state index in [2.05, 4.69) is 48.2 Å². The number of nitrogens with one attached hydrogen (secondary N) is 1. The number of hydrogen-bond donors (Lipinski definition) is 1. The van der Waals surface area contributed by atoms with Gasteiger partial charge in [0.2, 0.25) is 0 Å². The van der Waals surface area contributed by atoms with Crippen molar-refractivity contribution in [1.82, 2.24) is 15.2 Å². The molecule has 0 saturated carbocycles. The average molecular weight is 207 g/mol. The van der Waals surface area contributed by atoms with Gasteiger partial charge in [-0.25, -0.2) is 0 Å². The standard InChI is InChI=1S/C12H21N3/c1-4-14-11(2)9-15(3)10-12-5-7-13-8-6-12/h5-8,11,14H,4,9-10H2,1-3H3. The molecule has 0 radical (unpaired) electrons. The number of pyridine rings is 1. The molecule has 1 N–H and O–H groups in total. The second-order valence-electron chi connectivity index (χ2n) is 4.01. The van der Waals surface area contributed by atoms with Gasteiger partial charge in [0.15, 0.2) is 0 Å². The highest BCUT2D eigenvalue weighted by Gasteiger charge is 2.05. The first-order valence-electron chi connectivity index (χ1n) is 5.53. The Labute approximate surface area is 92.5 Å². The van der Waals surface area contributed by atoms with Gasteiger partial charge in [0, 0.05) is 31.5 Å². The minimum Gasteiger partial charge on any atom is -0.313 e. The Bertz CT molecular complexity index is 261. The molecule has 1 aromatic rings. The molecule has 0 aliphatic heterocycles. The minimum atomic E-state index is 0.543. The zero-order valence-electron chi connectivity index (χ0n) is 9.90. The summed E-state index contributed by atoms with van der Waals surface area (Å²) in [6.45, 7) is 7.44. The largest absolute Gasteiger partial charge is 0.313 e. The molecule has 3 heteroatoms. The zero-order chi connectivity index (χ0) is 11.1. The molecule has 0 bridgehead atoms. The number of nitrogens with zero attached hydrogens (tertiary/aromatic N) is 2. The Balaban J connectivity index is 2.33. The highest BCUT2D eigenvalue weighted by Crippen LogP contribution is 2.01. The normalized spacial score (nSPS) is 13.1. The molecule has 0 amide bonds. The van der Waals surface area contributed by atoms with Crippen LogP contribution < -0.4 is 5.32 Å². The molecule has 1 atom stereocenters. The van der Waals surface area contributed by atoms with Gasteiger partial charge in [0.05, 0.1) is 0 Å². The number of aromatic nitrogens is 1. The van der Waals surface area contributed by atoms with E-state index in [1.54, 1.807) is 0 Å². The maximum atomic E-state index is 4.01. The lowest BCUT2D eigenvalue weighted by Gasteiger charge is -2.21. The fourth-order valence-corrected chi connectivity index (χ4v) is 1.74. The fraction of sp³-hybridized carbons (Fsp3) is 0.583. The lowest BCUT2D eigenvalue weighted by molar-refractivity contribution is 0.291. The van der Waals surface area contributed by atoms with E-state index in [4.69, 9.17) is 0 Å². The van der Waals surface area contributed by atoms with Gasteiger partial charge in [-0.2, -0.15) is 0 Å². The van der Waals surface area contributed by atoms with Crippen LogP contribution in [0.3, 0.4) is 0 Å². The summed E-state index contributed by atoms with van der Waals surface area (Å²) in [5.74, 6) is 0. The minimum absolute atomic E-state index is 0.543. The summed E-state index contributed by atoms with van der Waals surface area (Å²) in [5.41, 5.74) is 1.32. The van der Waals surface area contributed by atoms with Gasteiger partial charge in [0.25, 0.3) is 0 Å². The van der Waals surface area contributed by atoms with Crippen LogP contribution in [0.4, 0.5) is 0 Å². The Morgan fingerprint density at radius 2 is 2.07 bits per heavy atom. The highest BCUT2D eigenvalue weighted by atomic mass is 15.1. The molecular formula is C12H21N3. The monoisotopic (exact) mass is 207 g/mol. The molecule has 0 aliphatic rings. The molecule has 0 saturated heterocycles. The SMILES string of the molecule is CCNC(C)CN(C)Cc1ccncc1. The first-order chi connectivity index (χ1) is 7.22. The lowest BCUT2D eigenvalue weighted by atomic mass is 10.2. The summed E-state index contributed by atoms with van der Waals surface area (Å²) < 4.78 is 0. The van der Waals surface area contributed by atoms with Crippen LogP contribution in [0.25, 0.3) is 0 Å². The smallest absolute Gasteiger partial charge is 0.0271 e. The van der Waals surface area contributed by atoms with Crippen molar-refractivity contribution >= 4 is 0 Å². The summed E-state index contributed by atoms with van der Waals surface area (Å²) in [6.07, 6.45) is 3.69. The zero-order valence-corrected chi connectivity index (χ0v) is 9.90. The van der Waals surface area contributed by atoms with E-state index in [1.165, 1.54) is 5.56 Å². The van der Waals surface area contributed by atoms with Crippen molar-refractivity contribution in [2.45, 2.75) is 26.4 Å². The van der Waals surface area contributed by atoms with Crippen LogP contribution in [0.15, 0.2) is 24.5 Å². The van der Waals surface area contributed by atoms with Gasteiger partial charge in [0.1, 0.15) is 0 Å². The quantitative estimate of drug-likeness (QED) is 0.766. The van der Waals surface area contributed by atoms with Crippen molar-refractivity contribution in [3.63, 3.8) is 0 Å².